The number of sulfonamides is 1. The standard InChI is InChI=1S/C19H24N2O4S2/c22-18(14-21-27(23,24)19-7-4-12-26-19)20-13-15-8-10-17(11-9-15)25-16-5-2-1-3-6-16/h4,7-12,16,21H,1-3,5-6,13-14H2,(H,20,22). The van der Waals surface area contributed by atoms with Crippen LogP contribution < -0.4 is 14.8 Å². The fourth-order valence-electron chi connectivity index (χ4n) is 2.97. The molecule has 1 aromatic carbocycles. The largest absolute Gasteiger partial charge is 0.490 e. The van der Waals surface area contributed by atoms with Crippen molar-refractivity contribution in [2.75, 3.05) is 6.54 Å². The molecule has 0 saturated heterocycles. The van der Waals surface area contributed by atoms with Crippen molar-refractivity contribution < 1.29 is 17.9 Å². The van der Waals surface area contributed by atoms with E-state index in [0.717, 1.165) is 35.5 Å². The molecular formula is C19H24N2O4S2. The number of carbonyl (C=O) groups excluding carboxylic acids is 1. The van der Waals surface area contributed by atoms with E-state index in [0.29, 0.717) is 12.6 Å². The first kappa shape index (κ1) is 19.9. The Morgan fingerprint density at radius 1 is 1.11 bits per heavy atom. The van der Waals surface area contributed by atoms with Crippen LogP contribution in [0.25, 0.3) is 0 Å². The second-order valence-corrected chi connectivity index (χ2v) is 9.50. The van der Waals surface area contributed by atoms with Crippen LogP contribution in [0.4, 0.5) is 0 Å². The average molecular weight is 409 g/mol. The number of amides is 1. The molecule has 0 unspecified atom stereocenters. The molecule has 1 amide bonds. The van der Waals surface area contributed by atoms with E-state index in [9.17, 15) is 13.2 Å². The van der Waals surface area contributed by atoms with Crippen molar-refractivity contribution in [3.63, 3.8) is 0 Å². The van der Waals surface area contributed by atoms with Crippen LogP contribution in [-0.4, -0.2) is 27.0 Å². The van der Waals surface area contributed by atoms with Gasteiger partial charge in [0.25, 0.3) is 10.0 Å². The van der Waals surface area contributed by atoms with Gasteiger partial charge < -0.3 is 10.1 Å². The van der Waals surface area contributed by atoms with Crippen LogP contribution in [0.5, 0.6) is 5.75 Å². The van der Waals surface area contributed by atoms with Gasteiger partial charge in [-0.15, -0.1) is 11.3 Å². The van der Waals surface area contributed by atoms with Crippen LogP contribution in [0.3, 0.4) is 0 Å². The molecule has 8 heteroatoms. The third-order valence-corrected chi connectivity index (χ3v) is 7.25. The van der Waals surface area contributed by atoms with Gasteiger partial charge >= 0.3 is 0 Å². The Labute approximate surface area is 164 Å². The van der Waals surface area contributed by atoms with Crippen molar-refractivity contribution in [1.82, 2.24) is 10.0 Å². The van der Waals surface area contributed by atoms with Gasteiger partial charge in [0.2, 0.25) is 5.91 Å². The third kappa shape index (κ3) is 6.05. The molecule has 27 heavy (non-hydrogen) atoms. The predicted octanol–water partition coefficient (Wildman–Crippen LogP) is 3.05. The molecule has 1 aromatic heterocycles. The second kappa shape index (κ2) is 9.34. The van der Waals surface area contributed by atoms with Gasteiger partial charge in [-0.3, -0.25) is 4.79 Å². The summed E-state index contributed by atoms with van der Waals surface area (Å²) in [5.74, 6) is 0.471. The Hall–Kier alpha value is -1.90. The van der Waals surface area contributed by atoms with Gasteiger partial charge in [0.1, 0.15) is 9.96 Å². The van der Waals surface area contributed by atoms with Crippen molar-refractivity contribution in [2.24, 2.45) is 0 Å². The quantitative estimate of drug-likeness (QED) is 0.703. The Balaban J connectivity index is 1.42. The molecule has 0 bridgehead atoms. The number of benzene rings is 1. The minimum absolute atomic E-state index is 0.198. The van der Waals surface area contributed by atoms with E-state index in [1.165, 1.54) is 25.3 Å². The Kier molecular flexibility index (Phi) is 6.87. The first-order chi connectivity index (χ1) is 13.0. The first-order valence-electron chi connectivity index (χ1n) is 9.08. The molecule has 1 saturated carbocycles. The summed E-state index contributed by atoms with van der Waals surface area (Å²) in [7, 11) is -3.62. The van der Waals surface area contributed by atoms with Crippen LogP contribution in [0.1, 0.15) is 37.7 Å². The smallest absolute Gasteiger partial charge is 0.250 e. The summed E-state index contributed by atoms with van der Waals surface area (Å²) in [5, 5.41) is 4.39. The van der Waals surface area contributed by atoms with Gasteiger partial charge in [-0.25, -0.2) is 13.1 Å². The third-order valence-electron chi connectivity index (χ3n) is 4.45. The maximum atomic E-state index is 12.0. The zero-order valence-electron chi connectivity index (χ0n) is 15.0. The summed E-state index contributed by atoms with van der Waals surface area (Å²) in [6, 6.07) is 10.8. The van der Waals surface area contributed by atoms with E-state index in [2.05, 4.69) is 10.0 Å². The van der Waals surface area contributed by atoms with Gasteiger partial charge in [-0.05, 0) is 54.8 Å². The maximum Gasteiger partial charge on any atom is 0.250 e. The van der Waals surface area contributed by atoms with Crippen molar-refractivity contribution in [2.45, 2.75) is 49.0 Å². The number of hydrogen-bond donors (Lipinski definition) is 2. The maximum absolute atomic E-state index is 12.0. The molecule has 0 atom stereocenters. The molecule has 3 rings (SSSR count). The molecule has 2 aromatic rings. The molecule has 1 heterocycles. The predicted molar refractivity (Wildman–Crippen MR) is 105 cm³/mol. The Morgan fingerprint density at radius 2 is 1.85 bits per heavy atom. The lowest BCUT2D eigenvalue weighted by Crippen LogP contribution is -2.36. The van der Waals surface area contributed by atoms with Gasteiger partial charge in [-0.1, -0.05) is 24.6 Å². The molecule has 1 aliphatic rings. The molecule has 6 nitrogen and oxygen atoms in total. The lowest BCUT2D eigenvalue weighted by molar-refractivity contribution is -0.120. The zero-order valence-corrected chi connectivity index (χ0v) is 16.7. The highest BCUT2D eigenvalue weighted by atomic mass is 32.2. The number of hydrogen-bond acceptors (Lipinski definition) is 5. The molecule has 0 spiro atoms. The number of carbonyl (C=O) groups is 1. The summed E-state index contributed by atoms with van der Waals surface area (Å²) in [6.45, 7) is 0.0480. The number of ether oxygens (including phenoxy) is 1. The molecule has 146 valence electrons. The fraction of sp³-hybridized carbons (Fsp3) is 0.421. The minimum Gasteiger partial charge on any atom is -0.490 e. The zero-order chi connectivity index (χ0) is 19.1. The lowest BCUT2D eigenvalue weighted by atomic mass is 9.98. The number of nitrogens with one attached hydrogen (secondary N) is 2. The van der Waals surface area contributed by atoms with Crippen LogP contribution in [0, 0.1) is 0 Å². The molecule has 0 aliphatic heterocycles. The van der Waals surface area contributed by atoms with E-state index in [1.807, 2.05) is 24.3 Å². The van der Waals surface area contributed by atoms with E-state index >= 15 is 0 Å². The van der Waals surface area contributed by atoms with Crippen LogP contribution in [-0.2, 0) is 21.4 Å². The van der Waals surface area contributed by atoms with Crippen molar-refractivity contribution in [3.05, 3.63) is 47.3 Å². The molecule has 1 fully saturated rings. The van der Waals surface area contributed by atoms with Crippen LogP contribution in [0.15, 0.2) is 46.0 Å². The number of thiophene rings is 1. The summed E-state index contributed by atoms with van der Waals surface area (Å²) in [5.41, 5.74) is 0.931. The van der Waals surface area contributed by atoms with Crippen molar-refractivity contribution in [1.29, 1.82) is 0 Å². The van der Waals surface area contributed by atoms with E-state index in [1.54, 1.807) is 11.4 Å². The van der Waals surface area contributed by atoms with Gasteiger partial charge in [-0.2, -0.15) is 0 Å². The van der Waals surface area contributed by atoms with Gasteiger partial charge in [0.15, 0.2) is 0 Å². The fourth-order valence-corrected chi connectivity index (χ4v) is 4.99. The first-order valence-corrected chi connectivity index (χ1v) is 11.4. The van der Waals surface area contributed by atoms with E-state index in [4.69, 9.17) is 4.74 Å². The summed E-state index contributed by atoms with van der Waals surface area (Å²) in [6.07, 6.45) is 6.27. The van der Waals surface area contributed by atoms with E-state index < -0.39 is 10.0 Å². The summed E-state index contributed by atoms with van der Waals surface area (Å²) in [4.78, 5) is 11.9. The SMILES string of the molecule is O=C(CNS(=O)(=O)c1cccs1)NCc1ccc(OC2CCCCC2)cc1. The van der Waals surface area contributed by atoms with Crippen molar-refractivity contribution >= 4 is 27.3 Å². The summed E-state index contributed by atoms with van der Waals surface area (Å²) >= 11 is 1.11. The normalized spacial score (nSPS) is 15.4. The number of rotatable bonds is 8. The lowest BCUT2D eigenvalue weighted by Gasteiger charge is -2.23. The molecule has 0 radical (unpaired) electrons. The second-order valence-electron chi connectivity index (χ2n) is 6.56. The molecule has 1 aliphatic carbocycles. The van der Waals surface area contributed by atoms with Gasteiger partial charge in [0.05, 0.1) is 12.6 Å². The average Bonchev–Trinajstić information content (AvgIpc) is 3.23. The Bertz CT molecular complexity index is 827. The molecule has 2 N–H and O–H groups in total. The minimum atomic E-state index is -3.62. The monoisotopic (exact) mass is 408 g/mol. The van der Waals surface area contributed by atoms with Crippen molar-refractivity contribution in [3.8, 4) is 5.75 Å². The topological polar surface area (TPSA) is 84.5 Å². The Morgan fingerprint density at radius 3 is 2.52 bits per heavy atom. The van der Waals surface area contributed by atoms with Gasteiger partial charge in [0, 0.05) is 6.54 Å². The van der Waals surface area contributed by atoms with Crippen LogP contribution in [0.2, 0.25) is 0 Å². The highest BCUT2D eigenvalue weighted by Gasteiger charge is 2.16. The highest BCUT2D eigenvalue weighted by Crippen LogP contribution is 2.23. The summed E-state index contributed by atoms with van der Waals surface area (Å²) < 4.78 is 32.4. The van der Waals surface area contributed by atoms with E-state index in [-0.39, 0.29) is 16.7 Å². The van der Waals surface area contributed by atoms with Crippen LogP contribution >= 0.6 is 11.3 Å². The highest BCUT2D eigenvalue weighted by molar-refractivity contribution is 7.91. The molecular weight excluding hydrogens is 384 g/mol.